The van der Waals surface area contributed by atoms with Crippen LogP contribution in [0.4, 0.5) is 0 Å². The standard InChI is InChI=1S/C7H13NO4.C7H7N/c1-8(2,3)5(7(11)12)4-6(9)10;1-2-7-3-5-8-6-4-7/h5H,4H2,1-3H3,(H-,9,10,11,12);2-6H,1H2. The maximum absolute atomic E-state index is 10.5. The molecule has 1 rings (SSSR count). The number of pyridine rings is 1. The summed E-state index contributed by atoms with van der Waals surface area (Å²) in [6.45, 7) is 3.60. The number of aliphatic carboxylic acids is 2. The summed E-state index contributed by atoms with van der Waals surface area (Å²) in [5.41, 5.74) is 1.11. The molecule has 1 unspecified atom stereocenters. The summed E-state index contributed by atoms with van der Waals surface area (Å²) in [5, 5.41) is 18.9. The number of carbonyl (C=O) groups is 2. The molecule has 1 aromatic heterocycles. The Balaban J connectivity index is 0.000000388. The first kappa shape index (κ1) is 17.8. The highest BCUT2D eigenvalue weighted by Gasteiger charge is 2.27. The molecule has 6 heteroatoms. The van der Waals surface area contributed by atoms with E-state index in [2.05, 4.69) is 11.6 Å². The summed E-state index contributed by atoms with van der Waals surface area (Å²) < 4.78 is 0.0502. The Hall–Kier alpha value is -2.21. The molecule has 0 spiro atoms. The molecule has 0 saturated carbocycles. The fourth-order valence-corrected chi connectivity index (χ4v) is 1.34. The quantitative estimate of drug-likeness (QED) is 0.767. The Bertz CT molecular complexity index is 452. The van der Waals surface area contributed by atoms with Gasteiger partial charge in [0.25, 0.3) is 0 Å². The molecular formula is C14H20N2O4. The van der Waals surface area contributed by atoms with E-state index in [1.807, 2.05) is 12.1 Å². The van der Waals surface area contributed by atoms with Crippen LogP contribution in [0.5, 0.6) is 0 Å². The van der Waals surface area contributed by atoms with Gasteiger partial charge in [-0.05, 0) is 17.7 Å². The molecule has 20 heavy (non-hydrogen) atoms. The highest BCUT2D eigenvalue weighted by molar-refractivity contribution is 5.78. The number of likely N-dealkylation sites (N-methyl/N-ethyl adjacent to an activating group) is 1. The summed E-state index contributed by atoms with van der Waals surface area (Å²) >= 11 is 0. The Morgan fingerprint density at radius 2 is 1.90 bits per heavy atom. The first-order chi connectivity index (χ1) is 9.18. The van der Waals surface area contributed by atoms with Gasteiger partial charge in [0.15, 0.2) is 0 Å². The molecule has 0 amide bonds. The predicted octanol–water partition coefficient (Wildman–Crippen LogP) is 0.0104. The van der Waals surface area contributed by atoms with Crippen molar-refractivity contribution in [2.45, 2.75) is 12.5 Å². The van der Waals surface area contributed by atoms with Crippen molar-refractivity contribution >= 4 is 18.0 Å². The zero-order valence-corrected chi connectivity index (χ0v) is 11.9. The number of nitrogens with zero attached hydrogens (tertiary/aromatic N) is 2. The molecule has 110 valence electrons. The van der Waals surface area contributed by atoms with Crippen LogP contribution < -0.4 is 5.11 Å². The summed E-state index contributed by atoms with van der Waals surface area (Å²) in [4.78, 5) is 24.6. The lowest BCUT2D eigenvalue weighted by molar-refractivity contribution is -0.888. The molecule has 1 N–H and O–H groups in total. The monoisotopic (exact) mass is 280 g/mol. The number of quaternary nitrogens is 1. The molecule has 0 aliphatic carbocycles. The maximum atomic E-state index is 10.5. The number of carbonyl (C=O) groups excluding carboxylic acids is 1. The average molecular weight is 280 g/mol. The fourth-order valence-electron chi connectivity index (χ4n) is 1.34. The van der Waals surface area contributed by atoms with E-state index in [0.29, 0.717) is 0 Å². The Morgan fingerprint density at radius 3 is 2.10 bits per heavy atom. The number of hydrogen-bond donors (Lipinski definition) is 1. The molecule has 0 radical (unpaired) electrons. The first-order valence-electron chi connectivity index (χ1n) is 5.94. The van der Waals surface area contributed by atoms with E-state index >= 15 is 0 Å². The van der Waals surface area contributed by atoms with Crippen molar-refractivity contribution in [2.75, 3.05) is 21.1 Å². The zero-order valence-electron chi connectivity index (χ0n) is 11.9. The second-order valence-electron chi connectivity index (χ2n) is 5.03. The van der Waals surface area contributed by atoms with Crippen molar-refractivity contribution in [1.29, 1.82) is 0 Å². The number of carboxylic acid groups (broad SMARTS) is 2. The van der Waals surface area contributed by atoms with Crippen LogP contribution in [0.2, 0.25) is 0 Å². The van der Waals surface area contributed by atoms with Crippen molar-refractivity contribution in [3.05, 3.63) is 36.7 Å². The first-order valence-corrected chi connectivity index (χ1v) is 5.94. The molecule has 1 aromatic rings. The fraction of sp³-hybridized carbons (Fsp3) is 0.357. The SMILES string of the molecule is C=Cc1ccncc1.C[N+](C)(C)C(CC(=O)O)C(=O)[O-]. The van der Waals surface area contributed by atoms with Crippen molar-refractivity contribution in [3.63, 3.8) is 0 Å². The second kappa shape index (κ2) is 8.06. The van der Waals surface area contributed by atoms with Crippen LogP contribution in [0.1, 0.15) is 12.0 Å². The minimum absolute atomic E-state index is 0.0502. The minimum atomic E-state index is -1.33. The molecule has 0 saturated heterocycles. The molecule has 0 aromatic carbocycles. The van der Waals surface area contributed by atoms with Crippen molar-refractivity contribution in [2.24, 2.45) is 0 Å². The van der Waals surface area contributed by atoms with Gasteiger partial charge in [0.1, 0.15) is 12.5 Å². The van der Waals surface area contributed by atoms with Gasteiger partial charge >= 0.3 is 5.97 Å². The molecule has 0 aliphatic rings. The third-order valence-electron chi connectivity index (χ3n) is 2.52. The number of hydrogen-bond acceptors (Lipinski definition) is 4. The van der Waals surface area contributed by atoms with Crippen molar-refractivity contribution in [1.82, 2.24) is 4.98 Å². The lowest BCUT2D eigenvalue weighted by Crippen LogP contribution is -2.55. The van der Waals surface area contributed by atoms with Crippen LogP contribution in [-0.2, 0) is 9.59 Å². The topological polar surface area (TPSA) is 90.3 Å². The smallest absolute Gasteiger partial charge is 0.309 e. The Morgan fingerprint density at radius 1 is 1.40 bits per heavy atom. The van der Waals surface area contributed by atoms with Crippen LogP contribution in [-0.4, -0.2) is 53.7 Å². The average Bonchev–Trinajstić information content (AvgIpc) is 2.36. The van der Waals surface area contributed by atoms with Crippen LogP contribution >= 0.6 is 0 Å². The highest BCUT2D eigenvalue weighted by atomic mass is 16.4. The lowest BCUT2D eigenvalue weighted by Gasteiger charge is -2.33. The van der Waals surface area contributed by atoms with Gasteiger partial charge in [0.2, 0.25) is 0 Å². The van der Waals surface area contributed by atoms with Crippen LogP contribution in [0.15, 0.2) is 31.1 Å². The largest absolute Gasteiger partial charge is 0.544 e. The molecule has 0 aliphatic heterocycles. The normalized spacial score (nSPS) is 11.8. The molecule has 1 heterocycles. The summed E-state index contributed by atoms with van der Waals surface area (Å²) in [5.74, 6) is -2.46. The zero-order chi connectivity index (χ0) is 15.8. The van der Waals surface area contributed by atoms with Gasteiger partial charge < -0.3 is 19.5 Å². The van der Waals surface area contributed by atoms with Crippen molar-refractivity contribution < 1.29 is 24.3 Å². The molecular weight excluding hydrogens is 260 g/mol. The highest BCUT2D eigenvalue weighted by Crippen LogP contribution is 2.06. The van der Waals surface area contributed by atoms with Crippen molar-refractivity contribution in [3.8, 4) is 0 Å². The summed E-state index contributed by atoms with van der Waals surface area (Å²) in [6, 6.07) is 2.82. The molecule has 0 bridgehead atoms. The van der Waals surface area contributed by atoms with Crippen LogP contribution in [0, 0.1) is 0 Å². The third-order valence-corrected chi connectivity index (χ3v) is 2.52. The van der Waals surface area contributed by atoms with Gasteiger partial charge in [-0.2, -0.15) is 0 Å². The maximum Gasteiger partial charge on any atom is 0.309 e. The summed E-state index contributed by atoms with van der Waals surface area (Å²) in [7, 11) is 4.84. The Kier molecular flexibility index (Phi) is 7.17. The van der Waals surface area contributed by atoms with E-state index in [0.717, 1.165) is 5.56 Å². The Labute approximate surface area is 118 Å². The van der Waals surface area contributed by atoms with Gasteiger partial charge in [-0.15, -0.1) is 0 Å². The van der Waals surface area contributed by atoms with E-state index in [4.69, 9.17) is 5.11 Å². The third kappa shape index (κ3) is 7.27. The van der Waals surface area contributed by atoms with E-state index in [1.165, 1.54) is 0 Å². The molecule has 0 fully saturated rings. The van der Waals surface area contributed by atoms with E-state index in [-0.39, 0.29) is 4.48 Å². The number of rotatable bonds is 5. The van der Waals surface area contributed by atoms with Crippen LogP contribution in [0.3, 0.4) is 0 Å². The number of carboxylic acids is 2. The van der Waals surface area contributed by atoms with Gasteiger partial charge in [-0.1, -0.05) is 12.7 Å². The van der Waals surface area contributed by atoms with Gasteiger partial charge in [0, 0.05) is 12.4 Å². The van der Waals surface area contributed by atoms with Gasteiger partial charge in [-0.3, -0.25) is 9.78 Å². The van der Waals surface area contributed by atoms with Gasteiger partial charge in [0.05, 0.1) is 27.1 Å². The second-order valence-corrected chi connectivity index (χ2v) is 5.03. The molecule has 6 nitrogen and oxygen atoms in total. The van der Waals surface area contributed by atoms with E-state index in [9.17, 15) is 14.7 Å². The lowest BCUT2D eigenvalue weighted by atomic mass is 10.1. The minimum Gasteiger partial charge on any atom is -0.544 e. The van der Waals surface area contributed by atoms with E-state index < -0.39 is 24.4 Å². The number of aromatic nitrogens is 1. The summed E-state index contributed by atoms with van der Waals surface area (Å²) in [6.07, 6.45) is 4.88. The molecule has 1 atom stereocenters. The van der Waals surface area contributed by atoms with Crippen LogP contribution in [0.25, 0.3) is 6.08 Å². The van der Waals surface area contributed by atoms with Gasteiger partial charge in [-0.25, -0.2) is 0 Å². The predicted molar refractivity (Wildman–Crippen MR) is 73.4 cm³/mol. The van der Waals surface area contributed by atoms with E-state index in [1.54, 1.807) is 39.6 Å².